The lowest BCUT2D eigenvalue weighted by atomic mass is 10.2. The number of rotatable bonds is 5. The first-order valence-electron chi connectivity index (χ1n) is 6.96. The topological polar surface area (TPSA) is 56.2 Å². The van der Waals surface area contributed by atoms with Crippen LogP contribution in [-0.2, 0) is 7.05 Å². The molecule has 0 unspecified atom stereocenters. The Morgan fingerprint density at radius 3 is 2.92 bits per heavy atom. The van der Waals surface area contributed by atoms with Gasteiger partial charge < -0.3 is 14.6 Å². The van der Waals surface area contributed by atoms with Crippen LogP contribution in [0.15, 0.2) is 48.1 Å². The number of benzene rings is 1. The zero-order valence-electron chi connectivity index (χ0n) is 12.6. The minimum absolute atomic E-state index is 0.0951. The van der Waals surface area contributed by atoms with E-state index in [2.05, 4.69) is 15.0 Å². The normalized spacial score (nSPS) is 10.8. The maximum Gasteiger partial charge on any atom is 0.387 e. The molecule has 0 aliphatic heterocycles. The Hall–Kier alpha value is -2.74. The summed E-state index contributed by atoms with van der Waals surface area (Å²) >= 11 is 1.04. The summed E-state index contributed by atoms with van der Waals surface area (Å²) in [5.41, 5.74) is 1.37. The monoisotopic (exact) mass is 349 g/mol. The zero-order chi connectivity index (χ0) is 17.1. The average Bonchev–Trinajstić information content (AvgIpc) is 3.16. The van der Waals surface area contributed by atoms with E-state index >= 15 is 0 Å². The Kier molecular flexibility index (Phi) is 4.57. The molecule has 0 aliphatic rings. The molecule has 5 nitrogen and oxygen atoms in total. The van der Waals surface area contributed by atoms with E-state index < -0.39 is 12.5 Å². The van der Waals surface area contributed by atoms with E-state index in [9.17, 15) is 13.6 Å². The highest BCUT2D eigenvalue weighted by Crippen LogP contribution is 2.28. The second kappa shape index (κ2) is 6.79. The summed E-state index contributed by atoms with van der Waals surface area (Å²) in [7, 11) is 1.87. The van der Waals surface area contributed by atoms with Crippen LogP contribution in [0.1, 0.15) is 9.67 Å². The lowest BCUT2D eigenvalue weighted by molar-refractivity contribution is -0.0498. The highest BCUT2D eigenvalue weighted by Gasteiger charge is 2.18. The molecule has 0 saturated carbocycles. The predicted octanol–water partition coefficient (Wildman–Crippen LogP) is 4.00. The van der Waals surface area contributed by atoms with Gasteiger partial charge in [0.25, 0.3) is 5.91 Å². The van der Waals surface area contributed by atoms with Crippen molar-refractivity contribution < 1.29 is 18.3 Å². The fourth-order valence-corrected chi connectivity index (χ4v) is 2.94. The highest BCUT2D eigenvalue weighted by atomic mass is 32.1. The first-order valence-corrected chi connectivity index (χ1v) is 7.84. The van der Waals surface area contributed by atoms with Crippen molar-refractivity contribution in [3.63, 3.8) is 0 Å². The molecule has 124 valence electrons. The number of amides is 1. The number of aryl methyl sites for hydroxylation is 1. The van der Waals surface area contributed by atoms with E-state index in [1.807, 2.05) is 23.9 Å². The van der Waals surface area contributed by atoms with E-state index in [-0.39, 0.29) is 10.6 Å². The molecule has 8 heteroatoms. The number of anilines is 1. The number of nitrogens with zero attached hydrogens (tertiary/aromatic N) is 2. The number of ether oxygens (including phenoxy) is 1. The standard InChI is InChI=1S/C16H13F2N3O2S/c1-21-7-6-19-14(21)10-3-2-4-11(9-10)20-15(22)13-12(5-8-24-13)23-16(17)18/h2-9,16H,1H3,(H,20,22). The lowest BCUT2D eigenvalue weighted by Gasteiger charge is -2.08. The van der Waals surface area contributed by atoms with Gasteiger partial charge in [0.2, 0.25) is 0 Å². The number of carbonyl (C=O) groups is 1. The Morgan fingerprint density at radius 2 is 2.21 bits per heavy atom. The number of hydrogen-bond acceptors (Lipinski definition) is 4. The molecule has 0 fully saturated rings. The van der Waals surface area contributed by atoms with Gasteiger partial charge in [0.05, 0.1) is 0 Å². The molecule has 1 aromatic carbocycles. The van der Waals surface area contributed by atoms with Crippen LogP contribution in [0.3, 0.4) is 0 Å². The van der Waals surface area contributed by atoms with Crippen molar-refractivity contribution in [3.8, 4) is 17.1 Å². The van der Waals surface area contributed by atoms with Gasteiger partial charge in [-0.25, -0.2) is 4.98 Å². The van der Waals surface area contributed by atoms with Gasteiger partial charge in [-0.1, -0.05) is 12.1 Å². The molecule has 0 radical (unpaired) electrons. The molecule has 1 amide bonds. The summed E-state index contributed by atoms with van der Waals surface area (Å²) in [5.74, 6) is 0.120. The van der Waals surface area contributed by atoms with Crippen LogP contribution in [0, 0.1) is 0 Å². The summed E-state index contributed by atoms with van der Waals surface area (Å²) in [6, 6.07) is 8.47. The number of halogens is 2. The zero-order valence-corrected chi connectivity index (χ0v) is 13.4. The fraction of sp³-hybridized carbons (Fsp3) is 0.125. The molecule has 0 atom stereocenters. The fourth-order valence-electron chi connectivity index (χ4n) is 2.22. The number of imidazole rings is 1. The van der Waals surface area contributed by atoms with Gasteiger partial charge in [0.15, 0.2) is 0 Å². The van der Waals surface area contributed by atoms with Gasteiger partial charge in [0.1, 0.15) is 16.5 Å². The van der Waals surface area contributed by atoms with Gasteiger partial charge in [0, 0.05) is 30.7 Å². The molecule has 3 aromatic rings. The molecular weight excluding hydrogens is 336 g/mol. The first kappa shape index (κ1) is 16.1. The third-order valence-electron chi connectivity index (χ3n) is 3.25. The minimum atomic E-state index is -2.97. The largest absolute Gasteiger partial charge is 0.433 e. The molecule has 0 bridgehead atoms. The maximum absolute atomic E-state index is 12.4. The summed E-state index contributed by atoms with van der Waals surface area (Å²) in [6.07, 6.45) is 3.50. The van der Waals surface area contributed by atoms with E-state index in [1.54, 1.807) is 24.4 Å². The van der Waals surface area contributed by atoms with Crippen molar-refractivity contribution in [1.29, 1.82) is 0 Å². The minimum Gasteiger partial charge on any atom is -0.433 e. The van der Waals surface area contributed by atoms with Crippen molar-refractivity contribution in [2.24, 2.45) is 7.05 Å². The Labute approximate surface area is 140 Å². The number of thiophene rings is 1. The van der Waals surface area contributed by atoms with Crippen molar-refractivity contribution in [1.82, 2.24) is 9.55 Å². The van der Waals surface area contributed by atoms with Gasteiger partial charge in [-0.3, -0.25) is 4.79 Å². The van der Waals surface area contributed by atoms with Gasteiger partial charge in [-0.05, 0) is 23.6 Å². The van der Waals surface area contributed by atoms with Gasteiger partial charge >= 0.3 is 6.61 Å². The van der Waals surface area contributed by atoms with Crippen LogP contribution in [0.2, 0.25) is 0 Å². The van der Waals surface area contributed by atoms with Crippen LogP contribution in [0.25, 0.3) is 11.4 Å². The highest BCUT2D eigenvalue weighted by molar-refractivity contribution is 7.12. The molecule has 2 heterocycles. The van der Waals surface area contributed by atoms with E-state index in [1.165, 1.54) is 11.4 Å². The lowest BCUT2D eigenvalue weighted by Crippen LogP contribution is -2.13. The SMILES string of the molecule is Cn1ccnc1-c1cccc(NC(=O)c2sccc2OC(F)F)c1. The summed E-state index contributed by atoms with van der Waals surface area (Å²) < 4.78 is 30.9. The number of carbonyl (C=O) groups excluding carboxylic acids is 1. The number of nitrogens with one attached hydrogen (secondary N) is 1. The van der Waals surface area contributed by atoms with E-state index in [0.29, 0.717) is 5.69 Å². The second-order valence-electron chi connectivity index (χ2n) is 4.89. The summed E-state index contributed by atoms with van der Waals surface area (Å²) in [5, 5.41) is 4.21. The number of aromatic nitrogens is 2. The molecule has 0 spiro atoms. The van der Waals surface area contributed by atoms with E-state index in [0.717, 1.165) is 22.7 Å². The molecule has 0 aliphatic carbocycles. The van der Waals surface area contributed by atoms with Crippen LogP contribution in [0.4, 0.5) is 14.5 Å². The van der Waals surface area contributed by atoms with Gasteiger partial charge in [-0.15, -0.1) is 11.3 Å². The summed E-state index contributed by atoms with van der Waals surface area (Å²) in [4.78, 5) is 16.6. The molecule has 24 heavy (non-hydrogen) atoms. The molecule has 3 rings (SSSR count). The second-order valence-corrected chi connectivity index (χ2v) is 5.81. The number of hydrogen-bond donors (Lipinski definition) is 1. The van der Waals surface area contributed by atoms with Crippen molar-refractivity contribution in [2.75, 3.05) is 5.32 Å². The van der Waals surface area contributed by atoms with Crippen LogP contribution in [-0.4, -0.2) is 22.1 Å². The predicted molar refractivity (Wildman–Crippen MR) is 87.5 cm³/mol. The van der Waals surface area contributed by atoms with Gasteiger partial charge in [-0.2, -0.15) is 8.78 Å². The molecule has 2 aromatic heterocycles. The van der Waals surface area contributed by atoms with Crippen molar-refractivity contribution in [3.05, 3.63) is 53.0 Å². The third-order valence-corrected chi connectivity index (χ3v) is 4.15. The number of alkyl halides is 2. The van der Waals surface area contributed by atoms with Crippen LogP contribution in [0.5, 0.6) is 5.75 Å². The Balaban J connectivity index is 1.81. The first-order chi connectivity index (χ1) is 11.5. The molecule has 1 N–H and O–H groups in total. The van der Waals surface area contributed by atoms with Crippen molar-refractivity contribution >= 4 is 22.9 Å². The Morgan fingerprint density at radius 1 is 1.38 bits per heavy atom. The van der Waals surface area contributed by atoms with Crippen molar-refractivity contribution in [2.45, 2.75) is 6.61 Å². The average molecular weight is 349 g/mol. The summed E-state index contributed by atoms with van der Waals surface area (Å²) in [6.45, 7) is -2.97. The van der Waals surface area contributed by atoms with Crippen LogP contribution < -0.4 is 10.1 Å². The molecular formula is C16H13F2N3O2S. The quantitative estimate of drug-likeness (QED) is 0.757. The Bertz CT molecular complexity index is 860. The van der Waals surface area contributed by atoms with Crippen LogP contribution >= 0.6 is 11.3 Å². The van der Waals surface area contributed by atoms with E-state index in [4.69, 9.17) is 0 Å². The third kappa shape index (κ3) is 3.43. The smallest absolute Gasteiger partial charge is 0.387 e. The maximum atomic E-state index is 12.4. The molecule has 0 saturated heterocycles.